The Labute approximate surface area is 297 Å². The second kappa shape index (κ2) is 16.1. The smallest absolute Gasteiger partial charge is 0.272 e. The van der Waals surface area contributed by atoms with Crippen molar-refractivity contribution in [2.45, 2.75) is 10.1 Å². The molecule has 1 aromatic heterocycles. The lowest BCUT2D eigenvalue weighted by molar-refractivity contribution is -0.116. The van der Waals surface area contributed by atoms with E-state index in [4.69, 9.17) is 11.6 Å². The maximum absolute atomic E-state index is 13.6. The van der Waals surface area contributed by atoms with E-state index >= 15 is 0 Å². The Morgan fingerprint density at radius 1 is 0.755 bits per heavy atom. The molecule has 0 aliphatic rings. The lowest BCUT2D eigenvalue weighted by atomic mass is 10.1. The number of nitrogens with one attached hydrogen (secondary N) is 3. The van der Waals surface area contributed by atoms with E-state index in [0.717, 1.165) is 21.7 Å². The van der Waals surface area contributed by atoms with Gasteiger partial charge in [-0.2, -0.15) is 0 Å². The van der Waals surface area contributed by atoms with Crippen LogP contribution in [0.1, 0.15) is 26.7 Å². The summed E-state index contributed by atoms with van der Waals surface area (Å²) in [5.41, 5.74) is 4.24. The molecule has 1 heterocycles. The van der Waals surface area contributed by atoms with Gasteiger partial charge < -0.3 is 16.0 Å². The normalized spacial score (nSPS) is 11.7. The van der Waals surface area contributed by atoms with E-state index in [-0.39, 0.29) is 11.6 Å². The van der Waals surface area contributed by atoms with Crippen LogP contribution < -0.4 is 16.0 Å². The molecule has 0 spiro atoms. The molecule has 5 aromatic carbocycles. The standard InChI is InChI=1S/C39H29ClN4O3S2/c40-30-18-10-11-26(23-30)24-33(42-36(45)29-16-8-3-9-17-29)37(46)41-31-19-21-32(22-20-31)49-35(28-14-6-2-7-15-28)38(47)44-39-43-34(25-48-39)27-12-4-1-5-13-27/h1-25,35H,(H,41,46)(H,42,45)(H,43,44,47)/b33-24-. The Balaban J connectivity index is 1.17. The minimum absolute atomic E-state index is 0.0491. The zero-order valence-corrected chi connectivity index (χ0v) is 28.3. The van der Waals surface area contributed by atoms with E-state index in [0.29, 0.717) is 27.0 Å². The van der Waals surface area contributed by atoms with Crippen LogP contribution in [0.4, 0.5) is 10.8 Å². The topological polar surface area (TPSA) is 100 Å². The molecule has 1 atom stereocenters. The van der Waals surface area contributed by atoms with Gasteiger partial charge in [0.25, 0.3) is 11.8 Å². The third kappa shape index (κ3) is 9.11. The molecule has 1 unspecified atom stereocenters. The molecule has 7 nitrogen and oxygen atoms in total. The van der Waals surface area contributed by atoms with Crippen LogP contribution in [0.2, 0.25) is 5.02 Å². The van der Waals surface area contributed by atoms with Gasteiger partial charge >= 0.3 is 0 Å². The highest BCUT2D eigenvalue weighted by atomic mass is 35.5. The summed E-state index contributed by atoms with van der Waals surface area (Å²) in [6.45, 7) is 0. The Bertz CT molecular complexity index is 2090. The molecule has 6 aromatic rings. The van der Waals surface area contributed by atoms with Gasteiger partial charge in [-0.25, -0.2) is 4.98 Å². The Hall–Kier alpha value is -5.48. The Morgan fingerprint density at radius 2 is 1.43 bits per heavy atom. The highest BCUT2D eigenvalue weighted by molar-refractivity contribution is 8.00. The fourth-order valence-electron chi connectivity index (χ4n) is 4.80. The number of thiazole rings is 1. The molecule has 3 amide bonds. The summed E-state index contributed by atoms with van der Waals surface area (Å²) in [6.07, 6.45) is 1.57. The van der Waals surface area contributed by atoms with Crippen LogP contribution in [0.5, 0.6) is 0 Å². The number of anilines is 2. The summed E-state index contributed by atoms with van der Waals surface area (Å²) in [4.78, 5) is 45.5. The van der Waals surface area contributed by atoms with Crippen molar-refractivity contribution in [2.75, 3.05) is 10.6 Å². The van der Waals surface area contributed by atoms with Crippen molar-refractivity contribution in [1.29, 1.82) is 0 Å². The third-order valence-electron chi connectivity index (χ3n) is 7.20. The number of hydrogen-bond donors (Lipinski definition) is 3. The summed E-state index contributed by atoms with van der Waals surface area (Å²) in [5.74, 6) is -1.13. The van der Waals surface area contributed by atoms with Crippen molar-refractivity contribution in [3.05, 3.63) is 172 Å². The summed E-state index contributed by atoms with van der Waals surface area (Å²) in [5, 5.41) is 11.0. The molecule has 10 heteroatoms. The number of aromatic nitrogens is 1. The lowest BCUT2D eigenvalue weighted by Crippen LogP contribution is -2.30. The number of hydrogen-bond acceptors (Lipinski definition) is 6. The van der Waals surface area contributed by atoms with Gasteiger partial charge in [-0.3, -0.25) is 14.4 Å². The number of nitrogens with zero attached hydrogens (tertiary/aromatic N) is 1. The number of halogens is 1. The van der Waals surface area contributed by atoms with E-state index < -0.39 is 17.1 Å². The van der Waals surface area contributed by atoms with Gasteiger partial charge in [0.05, 0.1) is 5.69 Å². The molecule has 0 aliphatic heterocycles. The SMILES string of the molecule is O=C(Nc1ccc(SC(C(=O)Nc2nc(-c3ccccc3)cs2)c2ccccc2)cc1)/C(=C/c1cccc(Cl)c1)NC(=O)c1ccccc1. The molecular weight excluding hydrogens is 672 g/mol. The van der Waals surface area contributed by atoms with Crippen molar-refractivity contribution in [3.63, 3.8) is 0 Å². The van der Waals surface area contributed by atoms with Gasteiger partial charge in [0.2, 0.25) is 5.91 Å². The largest absolute Gasteiger partial charge is 0.321 e. The molecule has 0 fully saturated rings. The van der Waals surface area contributed by atoms with Crippen molar-refractivity contribution in [1.82, 2.24) is 10.3 Å². The number of carbonyl (C=O) groups excluding carboxylic acids is 3. The van der Waals surface area contributed by atoms with Crippen LogP contribution in [-0.2, 0) is 9.59 Å². The monoisotopic (exact) mass is 700 g/mol. The van der Waals surface area contributed by atoms with Crippen molar-refractivity contribution >= 4 is 69.3 Å². The Morgan fingerprint density at radius 3 is 2.12 bits per heavy atom. The molecule has 3 N–H and O–H groups in total. The molecule has 0 saturated carbocycles. The second-order valence-corrected chi connectivity index (χ2v) is 13.2. The maximum Gasteiger partial charge on any atom is 0.272 e. The highest BCUT2D eigenvalue weighted by Gasteiger charge is 2.23. The quantitative estimate of drug-likeness (QED) is 0.0924. The fraction of sp³-hybridized carbons (Fsp3) is 0.0256. The van der Waals surface area contributed by atoms with E-state index in [1.807, 2.05) is 84.2 Å². The summed E-state index contributed by atoms with van der Waals surface area (Å²) >= 11 is 8.93. The van der Waals surface area contributed by atoms with E-state index in [2.05, 4.69) is 20.9 Å². The van der Waals surface area contributed by atoms with Crippen LogP contribution in [0.3, 0.4) is 0 Å². The predicted octanol–water partition coefficient (Wildman–Crippen LogP) is 9.35. The highest BCUT2D eigenvalue weighted by Crippen LogP contribution is 2.37. The van der Waals surface area contributed by atoms with Gasteiger partial charge in [0.15, 0.2) is 5.13 Å². The number of amides is 3. The minimum atomic E-state index is -0.564. The number of benzene rings is 5. The van der Waals surface area contributed by atoms with Crippen molar-refractivity contribution < 1.29 is 14.4 Å². The van der Waals surface area contributed by atoms with Crippen LogP contribution in [0.25, 0.3) is 17.3 Å². The van der Waals surface area contributed by atoms with Gasteiger partial charge in [-0.05, 0) is 65.7 Å². The maximum atomic E-state index is 13.6. The molecule has 0 saturated heterocycles. The Kier molecular flexibility index (Phi) is 11.0. The van der Waals surface area contributed by atoms with Gasteiger partial charge in [-0.1, -0.05) is 103 Å². The summed E-state index contributed by atoms with van der Waals surface area (Å²) in [7, 11) is 0. The zero-order valence-electron chi connectivity index (χ0n) is 25.9. The minimum Gasteiger partial charge on any atom is -0.321 e. The molecule has 0 aliphatic carbocycles. The molecular formula is C39H29ClN4O3S2. The lowest BCUT2D eigenvalue weighted by Gasteiger charge is -2.17. The summed E-state index contributed by atoms with van der Waals surface area (Å²) in [6, 6.07) is 42.2. The van der Waals surface area contributed by atoms with Gasteiger partial charge in [0.1, 0.15) is 10.9 Å². The third-order valence-corrected chi connectivity index (χ3v) is 9.46. The summed E-state index contributed by atoms with van der Waals surface area (Å²) < 4.78 is 0. The molecule has 49 heavy (non-hydrogen) atoms. The zero-order chi connectivity index (χ0) is 34.0. The first-order chi connectivity index (χ1) is 23.9. The van der Waals surface area contributed by atoms with Crippen LogP contribution in [0, 0.1) is 0 Å². The average molecular weight is 701 g/mol. The molecule has 0 bridgehead atoms. The fourth-order valence-corrected chi connectivity index (χ4v) is 6.75. The van der Waals surface area contributed by atoms with Crippen molar-refractivity contribution in [2.24, 2.45) is 0 Å². The van der Waals surface area contributed by atoms with E-state index in [1.54, 1.807) is 66.7 Å². The van der Waals surface area contributed by atoms with Crippen molar-refractivity contribution in [3.8, 4) is 11.3 Å². The van der Waals surface area contributed by atoms with Crippen LogP contribution in [-0.4, -0.2) is 22.7 Å². The van der Waals surface area contributed by atoms with E-state index in [1.165, 1.54) is 23.1 Å². The first kappa shape index (κ1) is 33.4. The van der Waals surface area contributed by atoms with Gasteiger partial charge in [0, 0.05) is 32.1 Å². The number of thioether (sulfide) groups is 1. The van der Waals surface area contributed by atoms with E-state index in [9.17, 15) is 14.4 Å². The average Bonchev–Trinajstić information content (AvgIpc) is 3.60. The second-order valence-electron chi connectivity index (χ2n) is 10.7. The first-order valence-electron chi connectivity index (χ1n) is 15.2. The number of carbonyl (C=O) groups is 3. The predicted molar refractivity (Wildman–Crippen MR) is 200 cm³/mol. The molecule has 242 valence electrons. The van der Waals surface area contributed by atoms with Crippen LogP contribution >= 0.6 is 34.7 Å². The van der Waals surface area contributed by atoms with Gasteiger partial charge in [-0.15, -0.1) is 23.1 Å². The van der Waals surface area contributed by atoms with Crippen LogP contribution in [0.15, 0.2) is 155 Å². The molecule has 6 rings (SSSR count). The number of rotatable bonds is 11. The first-order valence-corrected chi connectivity index (χ1v) is 17.3. The molecule has 0 radical (unpaired) electrons.